The second kappa shape index (κ2) is 6.24. The van der Waals surface area contributed by atoms with Crippen LogP contribution in [-0.4, -0.2) is 16.1 Å². The van der Waals surface area contributed by atoms with E-state index in [4.69, 9.17) is 4.84 Å². The molecule has 8 heteroatoms. The van der Waals surface area contributed by atoms with Gasteiger partial charge in [-0.1, -0.05) is 35.5 Å². The topological polar surface area (TPSA) is 108 Å². The molecular weight excluding hydrogens is 278 g/mol. The molecule has 8 nitrogen and oxygen atoms in total. The molecule has 0 saturated carbocycles. The minimum Gasteiger partial charge on any atom is -0.350 e. The van der Waals surface area contributed by atoms with Crippen molar-refractivity contribution in [2.24, 2.45) is 5.16 Å². The highest BCUT2D eigenvalue weighted by Gasteiger charge is 2.20. The summed E-state index contributed by atoms with van der Waals surface area (Å²) < 4.78 is 0. The van der Waals surface area contributed by atoms with Gasteiger partial charge in [0, 0.05) is 6.07 Å². The van der Waals surface area contributed by atoms with Gasteiger partial charge < -0.3 is 4.84 Å². The van der Waals surface area contributed by atoms with Gasteiger partial charge in [-0.3, -0.25) is 20.2 Å². The van der Waals surface area contributed by atoms with E-state index in [2.05, 4.69) is 5.16 Å². The Labute approximate surface area is 118 Å². The number of non-ortho nitro benzene ring substituents is 1. The van der Waals surface area contributed by atoms with Crippen LogP contribution in [0.25, 0.3) is 0 Å². The normalized spacial score (nSPS) is 10.5. The first-order chi connectivity index (χ1) is 10.1. The highest BCUT2D eigenvalue weighted by molar-refractivity contribution is 5.79. The maximum atomic E-state index is 10.9. The van der Waals surface area contributed by atoms with Gasteiger partial charge in [-0.05, 0) is 11.6 Å². The van der Waals surface area contributed by atoms with E-state index >= 15 is 0 Å². The third-order valence-corrected chi connectivity index (χ3v) is 2.50. The standard InChI is InChI=1S/C13H9N3O5/c17-15(18)11-6-7-13(12(8-11)16(19)20)21-14-9-10-4-2-1-3-5-10/h1-9H/b14-9+. The molecule has 2 rings (SSSR count). The van der Waals surface area contributed by atoms with Crippen molar-refractivity contribution in [1.29, 1.82) is 0 Å². The summed E-state index contributed by atoms with van der Waals surface area (Å²) in [4.78, 5) is 24.9. The molecule has 2 aromatic rings. The summed E-state index contributed by atoms with van der Waals surface area (Å²) in [5, 5.41) is 25.1. The molecule has 2 aromatic carbocycles. The maximum absolute atomic E-state index is 10.9. The molecule has 0 radical (unpaired) electrons. The van der Waals surface area contributed by atoms with E-state index in [9.17, 15) is 20.2 Å². The van der Waals surface area contributed by atoms with Gasteiger partial charge in [0.2, 0.25) is 5.75 Å². The zero-order chi connectivity index (χ0) is 15.2. The van der Waals surface area contributed by atoms with Crippen molar-refractivity contribution in [3.63, 3.8) is 0 Å². The lowest BCUT2D eigenvalue weighted by molar-refractivity contribution is -0.394. The Hall–Kier alpha value is -3.29. The number of nitrogens with zero attached hydrogens (tertiary/aromatic N) is 3. The van der Waals surface area contributed by atoms with E-state index in [-0.39, 0.29) is 11.4 Å². The molecule has 21 heavy (non-hydrogen) atoms. The van der Waals surface area contributed by atoms with Gasteiger partial charge in [0.1, 0.15) is 0 Å². The van der Waals surface area contributed by atoms with E-state index in [1.165, 1.54) is 6.21 Å². The molecule has 0 heterocycles. The number of oxime groups is 1. The van der Waals surface area contributed by atoms with Gasteiger partial charge in [-0.2, -0.15) is 0 Å². The highest BCUT2D eigenvalue weighted by Crippen LogP contribution is 2.31. The molecule has 0 fully saturated rings. The van der Waals surface area contributed by atoms with Crippen LogP contribution in [0.15, 0.2) is 53.7 Å². The lowest BCUT2D eigenvalue weighted by atomic mass is 10.2. The fraction of sp³-hybridized carbons (Fsp3) is 0. The van der Waals surface area contributed by atoms with E-state index in [1.807, 2.05) is 6.07 Å². The Bertz CT molecular complexity index is 700. The van der Waals surface area contributed by atoms with E-state index in [1.54, 1.807) is 24.3 Å². The van der Waals surface area contributed by atoms with Gasteiger partial charge in [0.05, 0.1) is 22.1 Å². The average molecular weight is 287 g/mol. The highest BCUT2D eigenvalue weighted by atomic mass is 16.7. The van der Waals surface area contributed by atoms with Crippen molar-refractivity contribution >= 4 is 17.6 Å². The predicted octanol–water partition coefficient (Wildman–Crippen LogP) is 2.92. The molecule has 0 saturated heterocycles. The second-order valence-electron chi connectivity index (χ2n) is 3.90. The van der Waals surface area contributed by atoms with E-state index < -0.39 is 15.5 Å². The predicted molar refractivity (Wildman–Crippen MR) is 74.4 cm³/mol. The van der Waals surface area contributed by atoms with Gasteiger partial charge in [0.15, 0.2) is 0 Å². The molecular formula is C13H9N3O5. The molecule has 0 amide bonds. The molecule has 0 unspecified atom stereocenters. The lowest BCUT2D eigenvalue weighted by Gasteiger charge is -2.00. The van der Waals surface area contributed by atoms with Crippen LogP contribution in [-0.2, 0) is 0 Å². The first kappa shape index (κ1) is 14.1. The zero-order valence-corrected chi connectivity index (χ0v) is 10.6. The van der Waals surface area contributed by atoms with Crippen molar-refractivity contribution in [3.8, 4) is 5.75 Å². The third-order valence-electron chi connectivity index (χ3n) is 2.50. The Kier molecular flexibility index (Phi) is 4.20. The second-order valence-corrected chi connectivity index (χ2v) is 3.90. The summed E-state index contributed by atoms with van der Waals surface area (Å²) in [6.45, 7) is 0. The van der Waals surface area contributed by atoms with Crippen molar-refractivity contribution in [3.05, 3.63) is 74.3 Å². The Morgan fingerprint density at radius 1 is 1.00 bits per heavy atom. The van der Waals surface area contributed by atoms with Crippen molar-refractivity contribution < 1.29 is 14.7 Å². The van der Waals surface area contributed by atoms with Crippen LogP contribution in [0.3, 0.4) is 0 Å². The lowest BCUT2D eigenvalue weighted by Crippen LogP contribution is -1.96. The first-order valence-electron chi connectivity index (χ1n) is 5.76. The van der Waals surface area contributed by atoms with E-state index in [0.717, 1.165) is 23.8 Å². The van der Waals surface area contributed by atoms with Crippen LogP contribution < -0.4 is 4.84 Å². The van der Waals surface area contributed by atoms with Crippen molar-refractivity contribution in [1.82, 2.24) is 0 Å². The zero-order valence-electron chi connectivity index (χ0n) is 10.6. The maximum Gasteiger partial charge on any atom is 0.321 e. The Morgan fingerprint density at radius 3 is 2.33 bits per heavy atom. The molecule has 0 aliphatic heterocycles. The molecule has 106 valence electrons. The van der Waals surface area contributed by atoms with Crippen LogP contribution in [0.2, 0.25) is 0 Å². The fourth-order valence-corrected chi connectivity index (χ4v) is 1.52. The minimum absolute atomic E-state index is 0.169. The molecule has 0 aliphatic carbocycles. The number of benzene rings is 2. The van der Waals surface area contributed by atoms with Crippen LogP contribution in [0.4, 0.5) is 11.4 Å². The average Bonchev–Trinajstić information content (AvgIpc) is 2.48. The summed E-state index contributed by atoms with van der Waals surface area (Å²) in [7, 11) is 0. The van der Waals surface area contributed by atoms with Gasteiger partial charge >= 0.3 is 5.69 Å². The quantitative estimate of drug-likeness (QED) is 0.477. The van der Waals surface area contributed by atoms with Gasteiger partial charge in [-0.25, -0.2) is 0 Å². The summed E-state index contributed by atoms with van der Waals surface area (Å²) in [6.07, 6.45) is 1.38. The van der Waals surface area contributed by atoms with Crippen molar-refractivity contribution in [2.45, 2.75) is 0 Å². The smallest absolute Gasteiger partial charge is 0.321 e. The van der Waals surface area contributed by atoms with Crippen LogP contribution in [0.5, 0.6) is 5.75 Å². The van der Waals surface area contributed by atoms with Crippen LogP contribution in [0, 0.1) is 20.2 Å². The molecule has 0 atom stereocenters. The Balaban J connectivity index is 2.22. The molecule has 0 bridgehead atoms. The first-order valence-corrected chi connectivity index (χ1v) is 5.76. The fourth-order valence-electron chi connectivity index (χ4n) is 1.52. The molecule has 0 aromatic heterocycles. The molecule has 0 spiro atoms. The third kappa shape index (κ3) is 3.60. The van der Waals surface area contributed by atoms with Gasteiger partial charge in [-0.15, -0.1) is 0 Å². The number of hydrogen-bond donors (Lipinski definition) is 0. The van der Waals surface area contributed by atoms with Gasteiger partial charge in [0.25, 0.3) is 5.69 Å². The van der Waals surface area contributed by atoms with E-state index in [0.29, 0.717) is 0 Å². The monoisotopic (exact) mass is 287 g/mol. The van der Waals surface area contributed by atoms with Crippen molar-refractivity contribution in [2.75, 3.05) is 0 Å². The summed E-state index contributed by atoms with van der Waals surface area (Å²) in [5.74, 6) is -0.169. The van der Waals surface area contributed by atoms with Crippen LogP contribution >= 0.6 is 0 Å². The Morgan fingerprint density at radius 2 is 1.71 bits per heavy atom. The summed E-state index contributed by atoms with van der Waals surface area (Å²) in [6, 6.07) is 12.1. The van der Waals surface area contributed by atoms with Crippen LogP contribution in [0.1, 0.15) is 5.56 Å². The number of hydrogen-bond acceptors (Lipinski definition) is 6. The number of nitro groups is 2. The minimum atomic E-state index is -0.764. The largest absolute Gasteiger partial charge is 0.350 e. The summed E-state index contributed by atoms with van der Waals surface area (Å²) in [5.41, 5.74) is -0.155. The summed E-state index contributed by atoms with van der Waals surface area (Å²) >= 11 is 0. The number of rotatable bonds is 5. The SMILES string of the molecule is O=[N+]([O-])c1ccc(O/N=C/c2ccccc2)c([N+](=O)[O-])c1. The molecule has 0 N–H and O–H groups in total. The number of nitro benzene ring substituents is 2. The molecule has 0 aliphatic rings.